The van der Waals surface area contributed by atoms with Gasteiger partial charge < -0.3 is 14.4 Å². The van der Waals surface area contributed by atoms with Crippen molar-refractivity contribution >= 4 is 39.1 Å². The maximum absolute atomic E-state index is 14.8. The minimum Gasteiger partial charge on any atom is -0.475 e. The molecule has 1 aliphatic carbocycles. The predicted molar refractivity (Wildman–Crippen MR) is 116 cm³/mol. The third-order valence-corrected chi connectivity index (χ3v) is 6.56. The first-order valence-electron chi connectivity index (χ1n) is 9.96. The number of hydrogen-bond acceptors (Lipinski definition) is 7. The molecular weight excluding hydrogens is 443 g/mol. The Bertz CT molecular complexity index is 1160. The van der Waals surface area contributed by atoms with Crippen LogP contribution in [0.4, 0.5) is 10.2 Å². The molecule has 3 heterocycles. The Hall–Kier alpha value is -2.36. The summed E-state index contributed by atoms with van der Waals surface area (Å²) in [4.78, 5) is 14.8. The van der Waals surface area contributed by atoms with Gasteiger partial charge in [-0.3, -0.25) is 4.21 Å². The average Bonchev–Trinajstić information content (AvgIpc) is 2.91. The summed E-state index contributed by atoms with van der Waals surface area (Å²) in [6, 6.07) is 10.2. The van der Waals surface area contributed by atoms with E-state index < -0.39 is 16.6 Å². The number of anilines is 1. The van der Waals surface area contributed by atoms with Crippen LogP contribution >= 0.6 is 11.6 Å². The predicted octanol–water partition coefficient (Wildman–Crippen LogP) is 3.50. The summed E-state index contributed by atoms with van der Waals surface area (Å²) >= 11 is 5.94. The van der Waals surface area contributed by atoms with E-state index in [9.17, 15) is 8.60 Å². The Balaban J connectivity index is 1.43. The summed E-state index contributed by atoms with van der Waals surface area (Å²) in [7, 11) is -1.49. The first-order valence-corrected chi connectivity index (χ1v) is 11.9. The zero-order valence-electron chi connectivity index (χ0n) is 16.8. The quantitative estimate of drug-likeness (QED) is 0.424. The van der Waals surface area contributed by atoms with Crippen molar-refractivity contribution in [1.29, 1.82) is 0 Å². The fraction of sp³-hybridized carbons (Fsp3) is 0.381. The molecule has 2 aromatic heterocycles. The van der Waals surface area contributed by atoms with Crippen LogP contribution in [0.3, 0.4) is 0 Å². The van der Waals surface area contributed by atoms with Crippen molar-refractivity contribution < 1.29 is 18.1 Å². The van der Waals surface area contributed by atoms with Gasteiger partial charge in [0.2, 0.25) is 11.0 Å². The van der Waals surface area contributed by atoms with Crippen LogP contribution < -0.4 is 9.64 Å². The second kappa shape index (κ2) is 8.29. The SMILES string of the molecule is CS(=O)c1nc2c3c(nc(Cl)c(F)c3n1)OCCN2C1CC(OCc2ccccc2)C1. The molecule has 0 amide bonds. The fourth-order valence-electron chi connectivity index (χ4n) is 3.94. The first-order chi connectivity index (χ1) is 15.0. The van der Waals surface area contributed by atoms with Crippen LogP contribution in [0.2, 0.25) is 5.15 Å². The van der Waals surface area contributed by atoms with Gasteiger partial charge in [-0.15, -0.1) is 0 Å². The summed E-state index contributed by atoms with van der Waals surface area (Å²) in [6.07, 6.45) is 3.21. The summed E-state index contributed by atoms with van der Waals surface area (Å²) in [6.45, 7) is 1.44. The Morgan fingerprint density at radius 3 is 2.77 bits per heavy atom. The van der Waals surface area contributed by atoms with Crippen LogP contribution in [0.1, 0.15) is 18.4 Å². The monoisotopic (exact) mass is 462 g/mol. The lowest BCUT2D eigenvalue weighted by Crippen LogP contribution is -2.49. The van der Waals surface area contributed by atoms with Crippen molar-refractivity contribution in [3.05, 3.63) is 46.9 Å². The molecule has 7 nitrogen and oxygen atoms in total. The van der Waals surface area contributed by atoms with Crippen molar-refractivity contribution in [1.82, 2.24) is 15.0 Å². The minimum absolute atomic E-state index is 0.0201. The number of aromatic nitrogens is 3. The molecule has 1 aliphatic heterocycles. The summed E-state index contributed by atoms with van der Waals surface area (Å²) in [5.41, 5.74) is 1.11. The van der Waals surface area contributed by atoms with E-state index >= 15 is 0 Å². The van der Waals surface area contributed by atoms with Crippen LogP contribution in [0.5, 0.6) is 5.88 Å². The van der Waals surface area contributed by atoms with E-state index in [4.69, 9.17) is 21.1 Å². The fourth-order valence-corrected chi connectivity index (χ4v) is 4.54. The first kappa shape index (κ1) is 20.5. The van der Waals surface area contributed by atoms with Gasteiger partial charge >= 0.3 is 0 Å². The zero-order chi connectivity index (χ0) is 21.5. The molecule has 0 saturated heterocycles. The van der Waals surface area contributed by atoms with E-state index in [-0.39, 0.29) is 33.9 Å². The molecule has 1 fully saturated rings. The maximum Gasteiger partial charge on any atom is 0.228 e. The van der Waals surface area contributed by atoms with E-state index in [2.05, 4.69) is 19.9 Å². The molecular formula is C21H20ClFN4O3S. The molecule has 162 valence electrons. The van der Waals surface area contributed by atoms with Gasteiger partial charge in [0.1, 0.15) is 23.3 Å². The zero-order valence-corrected chi connectivity index (χ0v) is 18.3. The van der Waals surface area contributed by atoms with Crippen molar-refractivity contribution in [2.24, 2.45) is 0 Å². The average molecular weight is 463 g/mol. The second-order valence-electron chi connectivity index (χ2n) is 7.61. The van der Waals surface area contributed by atoms with E-state index in [0.717, 1.165) is 18.4 Å². The highest BCUT2D eigenvalue weighted by atomic mass is 35.5. The molecule has 0 spiro atoms. The van der Waals surface area contributed by atoms with E-state index in [1.54, 1.807) is 0 Å². The lowest BCUT2D eigenvalue weighted by atomic mass is 9.87. The highest BCUT2D eigenvalue weighted by Crippen LogP contribution is 2.40. The molecule has 0 radical (unpaired) electrons. The van der Waals surface area contributed by atoms with Crippen molar-refractivity contribution in [3.8, 4) is 5.88 Å². The molecule has 5 rings (SSSR count). The van der Waals surface area contributed by atoms with Gasteiger partial charge in [-0.25, -0.2) is 14.4 Å². The maximum atomic E-state index is 14.8. The van der Waals surface area contributed by atoms with E-state index in [1.807, 2.05) is 30.3 Å². The second-order valence-corrected chi connectivity index (χ2v) is 9.25. The van der Waals surface area contributed by atoms with Gasteiger partial charge in [0.05, 0.1) is 30.1 Å². The molecule has 0 bridgehead atoms. The number of rotatable bonds is 5. The third kappa shape index (κ3) is 3.86. The van der Waals surface area contributed by atoms with Crippen molar-refractivity contribution in [3.63, 3.8) is 0 Å². The van der Waals surface area contributed by atoms with Gasteiger partial charge in [-0.2, -0.15) is 4.98 Å². The molecule has 1 unspecified atom stereocenters. The molecule has 1 aromatic carbocycles. The molecule has 3 aromatic rings. The van der Waals surface area contributed by atoms with Crippen molar-refractivity contribution in [2.75, 3.05) is 24.3 Å². The summed E-state index contributed by atoms with van der Waals surface area (Å²) in [5, 5.41) is 0.0893. The number of pyridine rings is 1. The lowest BCUT2D eigenvalue weighted by Gasteiger charge is -2.43. The molecule has 1 saturated carbocycles. The van der Waals surface area contributed by atoms with E-state index in [0.29, 0.717) is 31.0 Å². The summed E-state index contributed by atoms with van der Waals surface area (Å²) in [5.74, 6) is -0.0836. The van der Waals surface area contributed by atoms with Gasteiger partial charge in [0.15, 0.2) is 11.0 Å². The molecule has 31 heavy (non-hydrogen) atoms. The summed E-state index contributed by atoms with van der Waals surface area (Å²) < 4.78 is 38.7. The number of halogens is 2. The van der Waals surface area contributed by atoms with Gasteiger partial charge in [-0.1, -0.05) is 41.9 Å². The topological polar surface area (TPSA) is 77.4 Å². The molecule has 10 heteroatoms. The van der Waals surface area contributed by atoms with Crippen LogP contribution in [-0.4, -0.2) is 50.7 Å². The molecule has 2 aliphatic rings. The minimum atomic E-state index is -1.49. The van der Waals surface area contributed by atoms with Crippen LogP contribution in [-0.2, 0) is 22.1 Å². The number of benzene rings is 1. The van der Waals surface area contributed by atoms with Crippen molar-refractivity contribution in [2.45, 2.75) is 36.8 Å². The Labute approximate surface area is 186 Å². The standard InChI is InChI=1S/C21H20ClFN4O3S/c1-31(28)21-24-17-15-19(26-21)27(7-8-29-20(15)25-18(22)16(17)23)13-9-14(10-13)30-11-12-5-3-2-4-6-12/h2-6,13-14H,7-11H2,1H3. The van der Waals surface area contributed by atoms with E-state index in [1.165, 1.54) is 6.26 Å². The Morgan fingerprint density at radius 2 is 2.03 bits per heavy atom. The van der Waals surface area contributed by atoms with Crippen LogP contribution in [0, 0.1) is 5.82 Å². The number of ether oxygens (including phenoxy) is 2. The Kier molecular flexibility index (Phi) is 5.49. The van der Waals surface area contributed by atoms with Crippen LogP contribution in [0.15, 0.2) is 35.5 Å². The smallest absolute Gasteiger partial charge is 0.228 e. The van der Waals surface area contributed by atoms with Gasteiger partial charge in [0.25, 0.3) is 0 Å². The van der Waals surface area contributed by atoms with Crippen LogP contribution in [0.25, 0.3) is 10.9 Å². The molecule has 1 atom stereocenters. The normalized spacial score (nSPS) is 21.3. The van der Waals surface area contributed by atoms with Gasteiger partial charge in [0, 0.05) is 12.3 Å². The lowest BCUT2D eigenvalue weighted by molar-refractivity contribution is -0.0209. The number of nitrogens with zero attached hydrogens (tertiary/aromatic N) is 4. The third-order valence-electron chi connectivity index (χ3n) is 5.61. The highest BCUT2D eigenvalue weighted by molar-refractivity contribution is 7.84. The highest BCUT2D eigenvalue weighted by Gasteiger charge is 2.38. The number of hydrogen-bond donors (Lipinski definition) is 0. The Morgan fingerprint density at radius 1 is 1.26 bits per heavy atom. The van der Waals surface area contributed by atoms with Gasteiger partial charge in [-0.05, 0) is 18.4 Å². The molecule has 0 N–H and O–H groups in total. The largest absolute Gasteiger partial charge is 0.475 e.